The minimum absolute atomic E-state index is 0.368. The van der Waals surface area contributed by atoms with Gasteiger partial charge in [0.25, 0.3) is 0 Å². The Bertz CT molecular complexity index is 336. The van der Waals surface area contributed by atoms with Crippen LogP contribution < -0.4 is 0 Å². The van der Waals surface area contributed by atoms with Crippen molar-refractivity contribution in [2.45, 2.75) is 65.5 Å². The van der Waals surface area contributed by atoms with E-state index in [9.17, 15) is 10.5 Å². The molecule has 0 aliphatic rings. The Morgan fingerprint density at radius 1 is 0.833 bits per heavy atom. The van der Waals surface area contributed by atoms with Gasteiger partial charge in [-0.25, -0.2) is 0 Å². The second kappa shape index (κ2) is 6.50. The van der Waals surface area contributed by atoms with Crippen molar-refractivity contribution in [1.82, 2.24) is 0 Å². The first-order chi connectivity index (χ1) is 8.16. The van der Waals surface area contributed by atoms with Gasteiger partial charge in [0.2, 0.25) is 0 Å². The Hall–Kier alpha value is -1.42. The van der Waals surface area contributed by atoms with Crippen LogP contribution >= 0.6 is 0 Å². The molecule has 0 heterocycles. The van der Waals surface area contributed by atoms with Crippen molar-refractivity contribution >= 4 is 0 Å². The SMILES string of the molecule is CC(C)C[C@@](C)(C#N)N=N[C@](C)(C#N)CC(C)C. The first-order valence-electron chi connectivity index (χ1n) is 6.43. The van der Waals surface area contributed by atoms with Gasteiger partial charge in [-0.15, -0.1) is 0 Å². The third-order valence-corrected chi connectivity index (χ3v) is 2.58. The van der Waals surface area contributed by atoms with Crippen LogP contribution in [0.25, 0.3) is 0 Å². The van der Waals surface area contributed by atoms with E-state index in [0.717, 1.165) is 0 Å². The van der Waals surface area contributed by atoms with Crippen LogP contribution in [0.15, 0.2) is 10.2 Å². The molecule has 0 bridgehead atoms. The minimum Gasteiger partial charge on any atom is -0.196 e. The quantitative estimate of drug-likeness (QED) is 0.664. The fraction of sp³-hybridized carbons (Fsp3) is 0.857. The van der Waals surface area contributed by atoms with Gasteiger partial charge >= 0.3 is 0 Å². The molecule has 0 aliphatic carbocycles. The van der Waals surface area contributed by atoms with Gasteiger partial charge in [-0.1, -0.05) is 27.7 Å². The molecule has 2 atom stereocenters. The van der Waals surface area contributed by atoms with E-state index in [1.807, 2.05) is 27.7 Å². The maximum absolute atomic E-state index is 9.20. The highest BCUT2D eigenvalue weighted by molar-refractivity contribution is 5.07. The monoisotopic (exact) mass is 248 g/mol. The smallest absolute Gasteiger partial charge is 0.165 e. The molecule has 0 saturated heterocycles. The van der Waals surface area contributed by atoms with Crippen molar-refractivity contribution in [2.24, 2.45) is 22.1 Å². The highest BCUT2D eigenvalue weighted by atomic mass is 15.2. The van der Waals surface area contributed by atoms with E-state index in [4.69, 9.17) is 0 Å². The molecule has 100 valence electrons. The van der Waals surface area contributed by atoms with Crippen LogP contribution in [0.2, 0.25) is 0 Å². The summed E-state index contributed by atoms with van der Waals surface area (Å²) in [7, 11) is 0. The molecular formula is C14H24N4. The first kappa shape index (κ1) is 16.6. The van der Waals surface area contributed by atoms with Gasteiger partial charge in [-0.2, -0.15) is 20.8 Å². The van der Waals surface area contributed by atoms with Crippen LogP contribution in [0.5, 0.6) is 0 Å². The third-order valence-electron chi connectivity index (χ3n) is 2.58. The van der Waals surface area contributed by atoms with E-state index in [1.54, 1.807) is 13.8 Å². The van der Waals surface area contributed by atoms with Gasteiger partial charge in [0.1, 0.15) is 0 Å². The lowest BCUT2D eigenvalue weighted by Crippen LogP contribution is -2.26. The largest absolute Gasteiger partial charge is 0.196 e. The third kappa shape index (κ3) is 5.77. The van der Waals surface area contributed by atoms with Crippen molar-refractivity contribution in [3.05, 3.63) is 0 Å². The lowest BCUT2D eigenvalue weighted by atomic mass is 9.92. The van der Waals surface area contributed by atoms with Gasteiger partial charge in [-0.05, 0) is 38.5 Å². The maximum atomic E-state index is 9.20. The van der Waals surface area contributed by atoms with Crippen LogP contribution in [0, 0.1) is 34.5 Å². The van der Waals surface area contributed by atoms with E-state index < -0.39 is 11.1 Å². The molecule has 4 nitrogen and oxygen atoms in total. The Morgan fingerprint density at radius 2 is 1.11 bits per heavy atom. The molecule has 0 saturated carbocycles. The summed E-state index contributed by atoms with van der Waals surface area (Å²) < 4.78 is 0. The minimum atomic E-state index is -0.830. The van der Waals surface area contributed by atoms with Crippen molar-refractivity contribution in [2.75, 3.05) is 0 Å². The summed E-state index contributed by atoms with van der Waals surface area (Å²) in [5.41, 5.74) is -1.66. The van der Waals surface area contributed by atoms with Crippen molar-refractivity contribution < 1.29 is 0 Å². The zero-order chi connectivity index (χ0) is 14.4. The Labute approximate surface area is 111 Å². The highest BCUT2D eigenvalue weighted by Crippen LogP contribution is 2.25. The average Bonchev–Trinajstić information content (AvgIpc) is 2.25. The van der Waals surface area contributed by atoms with Crippen molar-refractivity contribution in [3.8, 4) is 12.1 Å². The second-order valence-corrected chi connectivity index (χ2v) is 6.17. The lowest BCUT2D eigenvalue weighted by Gasteiger charge is -2.22. The summed E-state index contributed by atoms with van der Waals surface area (Å²) in [6, 6.07) is 4.38. The van der Waals surface area contributed by atoms with Gasteiger partial charge < -0.3 is 0 Å². The highest BCUT2D eigenvalue weighted by Gasteiger charge is 2.29. The van der Waals surface area contributed by atoms with E-state index in [0.29, 0.717) is 24.7 Å². The van der Waals surface area contributed by atoms with Gasteiger partial charge in [0, 0.05) is 0 Å². The predicted octanol–water partition coefficient (Wildman–Crippen LogP) is 4.10. The Kier molecular flexibility index (Phi) is 5.98. The molecule has 0 aromatic carbocycles. The summed E-state index contributed by atoms with van der Waals surface area (Å²) >= 11 is 0. The first-order valence-corrected chi connectivity index (χ1v) is 6.43. The van der Waals surface area contributed by atoms with E-state index in [1.165, 1.54) is 0 Å². The number of nitriles is 2. The molecule has 18 heavy (non-hydrogen) atoms. The maximum Gasteiger partial charge on any atom is 0.165 e. The van der Waals surface area contributed by atoms with Crippen molar-refractivity contribution in [1.29, 1.82) is 10.5 Å². The van der Waals surface area contributed by atoms with Crippen LogP contribution in [-0.4, -0.2) is 11.1 Å². The Morgan fingerprint density at radius 3 is 1.28 bits per heavy atom. The number of hydrogen-bond acceptors (Lipinski definition) is 4. The molecule has 0 fully saturated rings. The van der Waals surface area contributed by atoms with Crippen LogP contribution in [-0.2, 0) is 0 Å². The number of nitrogens with zero attached hydrogens (tertiary/aromatic N) is 4. The summed E-state index contributed by atoms with van der Waals surface area (Å²) in [5.74, 6) is 0.735. The normalized spacial score (nSPS) is 18.3. The number of hydrogen-bond donors (Lipinski definition) is 0. The van der Waals surface area contributed by atoms with E-state index in [2.05, 4.69) is 22.4 Å². The van der Waals surface area contributed by atoms with Gasteiger partial charge in [-0.3, -0.25) is 0 Å². The molecule has 0 rings (SSSR count). The molecule has 4 heteroatoms. The van der Waals surface area contributed by atoms with Crippen LogP contribution in [0.4, 0.5) is 0 Å². The molecule has 0 aliphatic heterocycles. The van der Waals surface area contributed by atoms with Gasteiger partial charge in [0.05, 0.1) is 12.1 Å². The lowest BCUT2D eigenvalue weighted by molar-refractivity contribution is 0.384. The van der Waals surface area contributed by atoms with Crippen molar-refractivity contribution in [3.63, 3.8) is 0 Å². The van der Waals surface area contributed by atoms with Crippen LogP contribution in [0.1, 0.15) is 54.4 Å². The second-order valence-electron chi connectivity index (χ2n) is 6.17. The molecule has 0 spiro atoms. The molecule has 0 amide bonds. The number of rotatable bonds is 6. The average molecular weight is 248 g/mol. The number of azo groups is 1. The summed E-state index contributed by atoms with van der Waals surface area (Å²) in [6.07, 6.45) is 1.30. The fourth-order valence-corrected chi connectivity index (χ4v) is 2.03. The van der Waals surface area contributed by atoms with Crippen LogP contribution in [0.3, 0.4) is 0 Å². The predicted molar refractivity (Wildman–Crippen MR) is 71.8 cm³/mol. The molecule has 0 aromatic rings. The van der Waals surface area contributed by atoms with Gasteiger partial charge in [0.15, 0.2) is 11.1 Å². The zero-order valence-electron chi connectivity index (χ0n) is 12.4. The fourth-order valence-electron chi connectivity index (χ4n) is 2.03. The standard InChI is InChI=1S/C14H24N4/c1-11(2)7-13(5,9-15)17-18-14(6,10-16)8-12(3)4/h11-12H,7-8H2,1-6H3/t13-,14-/m0/s1. The molecule has 0 radical (unpaired) electrons. The molecule has 0 unspecified atom stereocenters. The van der Waals surface area contributed by atoms with E-state index in [-0.39, 0.29) is 0 Å². The summed E-state index contributed by atoms with van der Waals surface area (Å²) in [5, 5.41) is 26.7. The Balaban J connectivity index is 4.98. The topological polar surface area (TPSA) is 72.3 Å². The molecule has 0 N–H and O–H groups in total. The zero-order valence-corrected chi connectivity index (χ0v) is 12.4. The molecular weight excluding hydrogens is 224 g/mol. The van der Waals surface area contributed by atoms with E-state index >= 15 is 0 Å². The summed E-state index contributed by atoms with van der Waals surface area (Å²) in [6.45, 7) is 11.7. The summed E-state index contributed by atoms with van der Waals surface area (Å²) in [4.78, 5) is 0. The molecule has 0 aromatic heterocycles.